The molecule has 1 amide bonds. The van der Waals surface area contributed by atoms with Gasteiger partial charge in [-0.3, -0.25) is 4.79 Å². The number of hydrogen-bond acceptors (Lipinski definition) is 2. The number of benzene rings is 1. The second-order valence-electron chi connectivity index (χ2n) is 5.73. The number of nitrogens with one attached hydrogen (secondary N) is 2. The number of amides is 1. The molecule has 2 N–H and O–H groups in total. The van der Waals surface area contributed by atoms with Crippen LogP contribution in [-0.2, 0) is 11.3 Å². The first-order valence-electron chi connectivity index (χ1n) is 7.40. The van der Waals surface area contributed by atoms with Gasteiger partial charge in [0.15, 0.2) is 0 Å². The normalized spacial score (nSPS) is 16.9. The van der Waals surface area contributed by atoms with Crippen molar-refractivity contribution in [3.8, 4) is 0 Å². The third-order valence-corrected chi connectivity index (χ3v) is 4.27. The van der Waals surface area contributed by atoms with Crippen molar-refractivity contribution in [2.75, 3.05) is 13.1 Å². The van der Waals surface area contributed by atoms with Crippen LogP contribution in [0.2, 0.25) is 5.02 Å². The van der Waals surface area contributed by atoms with Gasteiger partial charge in [0, 0.05) is 54.2 Å². The number of aromatic amines is 1. The van der Waals surface area contributed by atoms with Crippen molar-refractivity contribution in [1.29, 1.82) is 0 Å². The molecular weight excluding hydrogens is 286 g/mol. The summed E-state index contributed by atoms with van der Waals surface area (Å²) in [6.07, 6.45) is 3.71. The van der Waals surface area contributed by atoms with Crippen LogP contribution in [-0.4, -0.2) is 34.9 Å². The maximum Gasteiger partial charge on any atom is 0.222 e. The lowest BCUT2D eigenvalue weighted by Crippen LogP contribution is -2.39. The second-order valence-corrected chi connectivity index (χ2v) is 6.17. The topological polar surface area (TPSA) is 48.1 Å². The standard InChI is InChI=1S/C16H20ClN3O/c1-11(10-20-6-2-3-16(20)21)18-8-12-9-19-15-7-13(17)4-5-14(12)15/h4-5,7,9,11,18-19H,2-3,6,8,10H2,1H3. The van der Waals surface area contributed by atoms with Crippen molar-refractivity contribution in [3.63, 3.8) is 0 Å². The molecule has 0 radical (unpaired) electrons. The summed E-state index contributed by atoms with van der Waals surface area (Å²) in [6.45, 7) is 4.59. The van der Waals surface area contributed by atoms with Crippen molar-refractivity contribution in [2.24, 2.45) is 0 Å². The summed E-state index contributed by atoms with van der Waals surface area (Å²) in [5.41, 5.74) is 2.28. The molecule has 0 spiro atoms. The number of carbonyl (C=O) groups is 1. The third kappa shape index (κ3) is 3.22. The molecule has 1 fully saturated rings. The summed E-state index contributed by atoms with van der Waals surface area (Å²) in [6, 6.07) is 6.17. The average Bonchev–Trinajstić information content (AvgIpc) is 3.03. The van der Waals surface area contributed by atoms with Gasteiger partial charge in [0.25, 0.3) is 0 Å². The molecule has 2 aromatic rings. The SMILES string of the molecule is CC(CN1CCCC1=O)NCc1c[nH]c2cc(Cl)ccc12. The molecule has 0 aliphatic carbocycles. The lowest BCUT2D eigenvalue weighted by atomic mass is 10.1. The monoisotopic (exact) mass is 305 g/mol. The average molecular weight is 306 g/mol. The predicted octanol–water partition coefficient (Wildman–Crippen LogP) is 2.92. The molecule has 1 unspecified atom stereocenters. The molecule has 1 aliphatic rings. The Morgan fingerprint density at radius 1 is 1.48 bits per heavy atom. The Hall–Kier alpha value is -1.52. The molecular formula is C16H20ClN3O. The van der Waals surface area contributed by atoms with Gasteiger partial charge in [-0.2, -0.15) is 0 Å². The van der Waals surface area contributed by atoms with Crippen molar-refractivity contribution in [2.45, 2.75) is 32.4 Å². The molecule has 1 aliphatic heterocycles. The summed E-state index contributed by atoms with van der Waals surface area (Å²) in [7, 11) is 0. The predicted molar refractivity (Wildman–Crippen MR) is 85.4 cm³/mol. The van der Waals surface area contributed by atoms with Crippen molar-refractivity contribution in [1.82, 2.24) is 15.2 Å². The van der Waals surface area contributed by atoms with Crippen molar-refractivity contribution in [3.05, 3.63) is 35.0 Å². The summed E-state index contributed by atoms with van der Waals surface area (Å²) in [4.78, 5) is 16.8. The van der Waals surface area contributed by atoms with Gasteiger partial charge in [-0.25, -0.2) is 0 Å². The summed E-state index contributed by atoms with van der Waals surface area (Å²) < 4.78 is 0. The van der Waals surface area contributed by atoms with E-state index in [1.165, 1.54) is 10.9 Å². The lowest BCUT2D eigenvalue weighted by molar-refractivity contribution is -0.127. The Bertz CT molecular complexity index is 652. The highest BCUT2D eigenvalue weighted by Crippen LogP contribution is 2.22. The van der Waals surface area contributed by atoms with E-state index in [1.54, 1.807) is 0 Å². The van der Waals surface area contributed by atoms with Gasteiger partial charge in [0.2, 0.25) is 5.91 Å². The van der Waals surface area contributed by atoms with E-state index in [2.05, 4.69) is 17.2 Å². The molecule has 0 saturated carbocycles. The Balaban J connectivity index is 1.59. The Kier molecular flexibility index (Phi) is 4.17. The number of likely N-dealkylation sites (tertiary alicyclic amines) is 1. The molecule has 2 heterocycles. The van der Waals surface area contributed by atoms with Gasteiger partial charge in [0.1, 0.15) is 0 Å². The first-order chi connectivity index (χ1) is 10.1. The maximum atomic E-state index is 11.6. The zero-order valence-corrected chi connectivity index (χ0v) is 12.9. The fraction of sp³-hybridized carbons (Fsp3) is 0.438. The van der Waals surface area contributed by atoms with E-state index in [4.69, 9.17) is 11.6 Å². The lowest BCUT2D eigenvalue weighted by Gasteiger charge is -2.21. The molecule has 1 aromatic heterocycles. The number of H-pyrrole nitrogens is 1. The number of rotatable bonds is 5. The van der Waals surface area contributed by atoms with Crippen molar-refractivity contribution >= 4 is 28.4 Å². The number of nitrogens with zero attached hydrogens (tertiary/aromatic N) is 1. The largest absolute Gasteiger partial charge is 0.361 e. The minimum atomic E-state index is 0.282. The molecule has 112 valence electrons. The van der Waals surface area contributed by atoms with E-state index >= 15 is 0 Å². The molecule has 3 rings (SSSR count). The second kappa shape index (κ2) is 6.08. The van der Waals surface area contributed by atoms with E-state index in [0.717, 1.165) is 36.6 Å². The van der Waals surface area contributed by atoms with Crippen LogP contribution in [0.4, 0.5) is 0 Å². The fourth-order valence-electron chi connectivity index (χ4n) is 2.88. The number of halogens is 1. The van der Waals surface area contributed by atoms with Gasteiger partial charge in [0.05, 0.1) is 0 Å². The first kappa shape index (κ1) is 14.4. The van der Waals surface area contributed by atoms with E-state index in [9.17, 15) is 4.79 Å². The van der Waals surface area contributed by atoms with Gasteiger partial charge in [-0.15, -0.1) is 0 Å². The zero-order valence-electron chi connectivity index (χ0n) is 12.2. The number of fused-ring (bicyclic) bond motifs is 1. The third-order valence-electron chi connectivity index (χ3n) is 4.04. The van der Waals surface area contributed by atoms with Crippen LogP contribution in [0.25, 0.3) is 10.9 Å². The highest BCUT2D eigenvalue weighted by Gasteiger charge is 2.21. The highest BCUT2D eigenvalue weighted by atomic mass is 35.5. The fourth-order valence-corrected chi connectivity index (χ4v) is 3.05. The van der Waals surface area contributed by atoms with Crippen molar-refractivity contribution < 1.29 is 4.79 Å². The van der Waals surface area contributed by atoms with E-state index in [1.807, 2.05) is 29.3 Å². The molecule has 1 saturated heterocycles. The van der Waals surface area contributed by atoms with Crippen LogP contribution in [0.5, 0.6) is 0 Å². The summed E-state index contributed by atoms with van der Waals surface area (Å²) in [5, 5.41) is 5.42. The molecule has 0 bridgehead atoms. The number of hydrogen-bond donors (Lipinski definition) is 2. The van der Waals surface area contributed by atoms with E-state index in [-0.39, 0.29) is 11.9 Å². The first-order valence-corrected chi connectivity index (χ1v) is 7.78. The number of aromatic nitrogens is 1. The molecule has 5 heteroatoms. The van der Waals surface area contributed by atoms with Crippen LogP contribution in [0.1, 0.15) is 25.3 Å². The maximum absolute atomic E-state index is 11.6. The summed E-state index contributed by atoms with van der Waals surface area (Å²) in [5.74, 6) is 0.283. The minimum absolute atomic E-state index is 0.282. The van der Waals surface area contributed by atoms with Crippen LogP contribution in [0, 0.1) is 0 Å². The zero-order chi connectivity index (χ0) is 14.8. The molecule has 1 aromatic carbocycles. The van der Waals surface area contributed by atoms with Crippen LogP contribution in [0.3, 0.4) is 0 Å². The van der Waals surface area contributed by atoms with Gasteiger partial charge < -0.3 is 15.2 Å². The molecule has 4 nitrogen and oxygen atoms in total. The van der Waals surface area contributed by atoms with Gasteiger partial charge >= 0.3 is 0 Å². The van der Waals surface area contributed by atoms with E-state index < -0.39 is 0 Å². The Morgan fingerprint density at radius 2 is 2.33 bits per heavy atom. The Morgan fingerprint density at radius 3 is 3.10 bits per heavy atom. The van der Waals surface area contributed by atoms with Crippen LogP contribution >= 0.6 is 11.6 Å². The van der Waals surface area contributed by atoms with Crippen LogP contribution < -0.4 is 5.32 Å². The number of carbonyl (C=O) groups excluding carboxylic acids is 1. The summed E-state index contributed by atoms with van der Waals surface area (Å²) >= 11 is 5.99. The Labute approximate surface area is 129 Å². The molecule has 1 atom stereocenters. The molecule has 21 heavy (non-hydrogen) atoms. The quantitative estimate of drug-likeness (QED) is 0.892. The van der Waals surface area contributed by atoms with Gasteiger partial charge in [-0.05, 0) is 31.0 Å². The van der Waals surface area contributed by atoms with Crippen LogP contribution in [0.15, 0.2) is 24.4 Å². The smallest absolute Gasteiger partial charge is 0.222 e. The van der Waals surface area contributed by atoms with Gasteiger partial charge in [-0.1, -0.05) is 17.7 Å². The highest BCUT2D eigenvalue weighted by molar-refractivity contribution is 6.31. The minimum Gasteiger partial charge on any atom is -0.361 e. The van der Waals surface area contributed by atoms with E-state index in [0.29, 0.717) is 6.42 Å².